The van der Waals surface area contributed by atoms with Gasteiger partial charge in [0.25, 0.3) is 0 Å². The molecular weight excluding hydrogens is 314 g/mol. The Balaban J connectivity index is 2.20. The van der Waals surface area contributed by atoms with Crippen molar-refractivity contribution >= 4 is 23.2 Å². The van der Waals surface area contributed by atoms with Gasteiger partial charge in [0, 0.05) is 5.69 Å². The summed E-state index contributed by atoms with van der Waals surface area (Å²) in [6.07, 6.45) is 0. The number of rotatable bonds is 3. The van der Waals surface area contributed by atoms with Gasteiger partial charge in [-0.25, -0.2) is 8.78 Å². The number of nitrogens with one attached hydrogen (secondary N) is 2. The fourth-order valence-corrected chi connectivity index (χ4v) is 2.30. The van der Waals surface area contributed by atoms with E-state index >= 15 is 0 Å². The summed E-state index contributed by atoms with van der Waals surface area (Å²) in [4.78, 5) is 24.1. The van der Waals surface area contributed by atoms with Crippen LogP contribution in [-0.2, 0) is 9.59 Å². The molecule has 0 atom stereocenters. The molecule has 2 aromatic carbocycles. The van der Waals surface area contributed by atoms with Gasteiger partial charge in [-0.3, -0.25) is 9.59 Å². The molecule has 0 aliphatic rings. The largest absolute Gasteiger partial charge is 0.317 e. The minimum absolute atomic E-state index is 0.132. The second kappa shape index (κ2) is 7.21. The van der Waals surface area contributed by atoms with E-state index < -0.39 is 29.1 Å². The molecule has 0 unspecified atom stereocenters. The minimum Gasteiger partial charge on any atom is -0.317 e. The van der Waals surface area contributed by atoms with E-state index in [2.05, 4.69) is 5.32 Å². The summed E-state index contributed by atoms with van der Waals surface area (Å²) >= 11 is 0. The standard InChI is InChI=1S/C18H18F2N2O2/c1-10(2)12-7-4-6-11(3)15(12)21-17(23)18(24)22-16-13(19)8-5-9-14(16)20/h4-10H,1-3H3,(H,21,23)(H,22,24). The monoisotopic (exact) mass is 332 g/mol. The van der Waals surface area contributed by atoms with Gasteiger partial charge in [-0.1, -0.05) is 38.1 Å². The molecule has 2 amide bonds. The number of anilines is 2. The summed E-state index contributed by atoms with van der Waals surface area (Å²) in [7, 11) is 0. The van der Waals surface area contributed by atoms with Crippen molar-refractivity contribution in [2.24, 2.45) is 0 Å². The zero-order valence-corrected chi connectivity index (χ0v) is 13.6. The topological polar surface area (TPSA) is 58.2 Å². The lowest BCUT2D eigenvalue weighted by molar-refractivity contribution is -0.133. The van der Waals surface area contributed by atoms with Crippen molar-refractivity contribution < 1.29 is 18.4 Å². The molecule has 0 spiro atoms. The second-order valence-electron chi connectivity index (χ2n) is 5.70. The first-order valence-corrected chi connectivity index (χ1v) is 7.47. The molecule has 0 bridgehead atoms. The lowest BCUT2D eigenvalue weighted by atomic mass is 9.98. The Bertz CT molecular complexity index is 768. The summed E-state index contributed by atoms with van der Waals surface area (Å²) < 4.78 is 27.1. The Morgan fingerprint density at radius 1 is 0.875 bits per heavy atom. The van der Waals surface area contributed by atoms with Crippen molar-refractivity contribution in [2.75, 3.05) is 10.6 Å². The van der Waals surface area contributed by atoms with E-state index in [0.717, 1.165) is 23.3 Å². The molecule has 0 heterocycles. The molecule has 0 saturated heterocycles. The molecule has 0 aromatic heterocycles. The number of amides is 2. The number of halogens is 2. The van der Waals surface area contributed by atoms with E-state index in [-0.39, 0.29) is 5.92 Å². The normalized spacial score (nSPS) is 10.6. The number of hydrogen-bond acceptors (Lipinski definition) is 2. The zero-order chi connectivity index (χ0) is 17.9. The molecule has 0 saturated carbocycles. The molecule has 0 radical (unpaired) electrons. The number of carbonyl (C=O) groups excluding carboxylic acids is 2. The zero-order valence-electron chi connectivity index (χ0n) is 13.6. The van der Waals surface area contributed by atoms with Crippen LogP contribution in [0.25, 0.3) is 0 Å². The number of benzene rings is 2. The first-order chi connectivity index (χ1) is 11.3. The van der Waals surface area contributed by atoms with E-state index in [0.29, 0.717) is 5.69 Å². The second-order valence-corrected chi connectivity index (χ2v) is 5.70. The molecule has 0 fully saturated rings. The highest BCUT2D eigenvalue weighted by molar-refractivity contribution is 6.43. The highest BCUT2D eigenvalue weighted by atomic mass is 19.1. The molecule has 2 aromatic rings. The van der Waals surface area contributed by atoms with Gasteiger partial charge in [-0.2, -0.15) is 0 Å². The number of para-hydroxylation sites is 2. The third kappa shape index (κ3) is 3.76. The van der Waals surface area contributed by atoms with Crippen molar-refractivity contribution in [3.05, 3.63) is 59.2 Å². The van der Waals surface area contributed by atoms with Gasteiger partial charge in [-0.15, -0.1) is 0 Å². The quantitative estimate of drug-likeness (QED) is 0.836. The van der Waals surface area contributed by atoms with Crippen molar-refractivity contribution in [3.8, 4) is 0 Å². The highest BCUT2D eigenvalue weighted by Crippen LogP contribution is 2.27. The molecule has 24 heavy (non-hydrogen) atoms. The van der Waals surface area contributed by atoms with Crippen LogP contribution in [0.1, 0.15) is 30.9 Å². The highest BCUT2D eigenvalue weighted by Gasteiger charge is 2.20. The van der Waals surface area contributed by atoms with Crippen molar-refractivity contribution in [1.29, 1.82) is 0 Å². The van der Waals surface area contributed by atoms with E-state index in [1.807, 2.05) is 31.3 Å². The first-order valence-electron chi connectivity index (χ1n) is 7.47. The van der Waals surface area contributed by atoms with Crippen LogP contribution in [0.5, 0.6) is 0 Å². The van der Waals surface area contributed by atoms with E-state index in [4.69, 9.17) is 0 Å². The molecule has 0 aliphatic carbocycles. The average molecular weight is 332 g/mol. The predicted octanol–water partition coefficient (Wildman–Crippen LogP) is 3.97. The van der Waals surface area contributed by atoms with Crippen LogP contribution in [0.3, 0.4) is 0 Å². The van der Waals surface area contributed by atoms with Gasteiger partial charge in [0.15, 0.2) is 0 Å². The summed E-state index contributed by atoms with van der Waals surface area (Å²) in [6, 6.07) is 8.67. The Labute approximate surface area is 138 Å². The third-order valence-electron chi connectivity index (χ3n) is 3.57. The maximum Gasteiger partial charge on any atom is 0.314 e. The summed E-state index contributed by atoms with van der Waals surface area (Å²) in [6.45, 7) is 5.72. The summed E-state index contributed by atoms with van der Waals surface area (Å²) in [5.74, 6) is -3.90. The predicted molar refractivity (Wildman–Crippen MR) is 88.9 cm³/mol. The summed E-state index contributed by atoms with van der Waals surface area (Å²) in [5, 5.41) is 4.49. The molecule has 4 nitrogen and oxygen atoms in total. The van der Waals surface area contributed by atoms with E-state index in [1.54, 1.807) is 13.0 Å². The number of hydrogen-bond donors (Lipinski definition) is 2. The fourth-order valence-electron chi connectivity index (χ4n) is 2.30. The van der Waals surface area contributed by atoms with Gasteiger partial charge in [-0.05, 0) is 36.1 Å². The van der Waals surface area contributed by atoms with Gasteiger partial charge in [0.1, 0.15) is 17.3 Å². The molecular formula is C18H18F2N2O2. The maximum atomic E-state index is 13.5. The lowest BCUT2D eigenvalue weighted by Crippen LogP contribution is -2.30. The Morgan fingerprint density at radius 3 is 1.92 bits per heavy atom. The Morgan fingerprint density at radius 2 is 1.38 bits per heavy atom. The molecule has 2 N–H and O–H groups in total. The van der Waals surface area contributed by atoms with Crippen LogP contribution in [0.15, 0.2) is 36.4 Å². The lowest BCUT2D eigenvalue weighted by Gasteiger charge is -2.16. The molecule has 2 rings (SSSR count). The Kier molecular flexibility index (Phi) is 5.28. The molecule has 6 heteroatoms. The van der Waals surface area contributed by atoms with Gasteiger partial charge < -0.3 is 10.6 Å². The summed E-state index contributed by atoms with van der Waals surface area (Å²) in [5.41, 5.74) is 1.54. The van der Waals surface area contributed by atoms with Crippen molar-refractivity contribution in [2.45, 2.75) is 26.7 Å². The fraction of sp³-hybridized carbons (Fsp3) is 0.222. The third-order valence-corrected chi connectivity index (χ3v) is 3.57. The van der Waals surface area contributed by atoms with Gasteiger partial charge >= 0.3 is 11.8 Å². The van der Waals surface area contributed by atoms with Gasteiger partial charge in [0.2, 0.25) is 0 Å². The smallest absolute Gasteiger partial charge is 0.314 e. The van der Waals surface area contributed by atoms with Crippen LogP contribution in [0.4, 0.5) is 20.2 Å². The average Bonchev–Trinajstić information content (AvgIpc) is 2.52. The van der Waals surface area contributed by atoms with Crippen molar-refractivity contribution in [1.82, 2.24) is 0 Å². The maximum absolute atomic E-state index is 13.5. The SMILES string of the molecule is Cc1cccc(C(C)C)c1NC(=O)C(=O)Nc1c(F)cccc1F. The minimum atomic E-state index is -1.14. The van der Waals surface area contributed by atoms with Crippen LogP contribution in [0, 0.1) is 18.6 Å². The van der Waals surface area contributed by atoms with E-state index in [9.17, 15) is 18.4 Å². The van der Waals surface area contributed by atoms with Crippen LogP contribution >= 0.6 is 0 Å². The number of aryl methyl sites for hydroxylation is 1. The van der Waals surface area contributed by atoms with Crippen LogP contribution in [-0.4, -0.2) is 11.8 Å². The first kappa shape index (κ1) is 17.6. The Hall–Kier alpha value is -2.76. The van der Waals surface area contributed by atoms with Crippen LogP contribution < -0.4 is 10.6 Å². The van der Waals surface area contributed by atoms with Gasteiger partial charge in [0.05, 0.1) is 0 Å². The van der Waals surface area contributed by atoms with E-state index in [1.165, 1.54) is 6.07 Å². The van der Waals surface area contributed by atoms with Crippen LogP contribution in [0.2, 0.25) is 0 Å². The van der Waals surface area contributed by atoms with Crippen molar-refractivity contribution in [3.63, 3.8) is 0 Å². The number of carbonyl (C=O) groups is 2. The molecule has 0 aliphatic heterocycles. The molecule has 126 valence electrons.